The van der Waals surface area contributed by atoms with Crippen LogP contribution in [0.4, 0.5) is 8.78 Å². The van der Waals surface area contributed by atoms with Crippen LogP contribution < -0.4 is 10.3 Å². The smallest absolute Gasteiger partial charge is 0.258 e. The van der Waals surface area contributed by atoms with Crippen molar-refractivity contribution in [1.82, 2.24) is 14.5 Å². The summed E-state index contributed by atoms with van der Waals surface area (Å²) in [7, 11) is 0. The molecule has 142 valence electrons. The molecule has 0 amide bonds. The Kier molecular flexibility index (Phi) is 4.01. The first-order valence-electron chi connectivity index (χ1n) is 8.86. The van der Waals surface area contributed by atoms with Crippen molar-refractivity contribution in [2.24, 2.45) is 0 Å². The highest BCUT2D eigenvalue weighted by Crippen LogP contribution is 2.39. The van der Waals surface area contributed by atoms with Gasteiger partial charge in [-0.1, -0.05) is 0 Å². The minimum atomic E-state index is -0.891. The number of hydrogen-bond acceptors (Lipinski definition) is 4. The van der Waals surface area contributed by atoms with Crippen LogP contribution in [0.3, 0.4) is 0 Å². The van der Waals surface area contributed by atoms with Gasteiger partial charge in [0.2, 0.25) is 5.13 Å². The zero-order valence-corrected chi connectivity index (χ0v) is 15.4. The number of nitrogens with zero attached hydrogens (tertiary/aromatic N) is 2. The molecule has 4 aromatic rings. The van der Waals surface area contributed by atoms with Gasteiger partial charge in [0.15, 0.2) is 5.82 Å². The fraction of sp³-hybridized carbons (Fsp3) is 0.200. The maximum atomic E-state index is 13.1. The number of imidazole rings is 1. The van der Waals surface area contributed by atoms with Crippen LogP contribution in [0.15, 0.2) is 47.4 Å². The number of halogens is 2. The Labute approximate surface area is 162 Å². The van der Waals surface area contributed by atoms with Gasteiger partial charge in [0.05, 0.1) is 16.7 Å². The molecule has 1 N–H and O–H groups in total. The van der Waals surface area contributed by atoms with E-state index in [2.05, 4.69) is 9.97 Å². The van der Waals surface area contributed by atoms with Crippen LogP contribution in [0.1, 0.15) is 29.5 Å². The Morgan fingerprint density at radius 1 is 1.21 bits per heavy atom. The van der Waals surface area contributed by atoms with E-state index in [9.17, 15) is 13.6 Å². The third-order valence-corrected chi connectivity index (χ3v) is 5.57. The Morgan fingerprint density at radius 3 is 2.79 bits per heavy atom. The normalized spacial score (nSPS) is 13.9. The number of aromatic amines is 1. The number of pyridine rings is 1. The lowest BCUT2D eigenvalue weighted by atomic mass is 10.2. The minimum Gasteiger partial charge on any atom is -0.488 e. The Balaban J connectivity index is 1.38. The molecule has 28 heavy (non-hydrogen) atoms. The molecular weight excluding hydrogens is 384 g/mol. The largest absolute Gasteiger partial charge is 0.488 e. The van der Waals surface area contributed by atoms with Crippen LogP contribution in [-0.2, 0) is 6.61 Å². The van der Waals surface area contributed by atoms with Gasteiger partial charge in [-0.2, -0.15) is 4.39 Å². The molecule has 1 aliphatic carbocycles. The Hall–Kier alpha value is -3.00. The van der Waals surface area contributed by atoms with Gasteiger partial charge in [0, 0.05) is 23.1 Å². The van der Waals surface area contributed by atoms with Crippen LogP contribution in [0.5, 0.6) is 5.75 Å². The van der Waals surface area contributed by atoms with Crippen molar-refractivity contribution < 1.29 is 13.5 Å². The average Bonchev–Trinajstić information content (AvgIpc) is 3.36. The molecule has 0 atom stereocenters. The van der Waals surface area contributed by atoms with E-state index in [1.165, 1.54) is 23.5 Å². The Bertz CT molecular complexity index is 1220. The van der Waals surface area contributed by atoms with Gasteiger partial charge in [-0.05, 0) is 43.2 Å². The fourth-order valence-corrected chi connectivity index (χ4v) is 3.77. The molecule has 5 rings (SSSR count). The third kappa shape index (κ3) is 3.20. The summed E-state index contributed by atoms with van der Waals surface area (Å²) in [5.74, 6) is 0.983. The van der Waals surface area contributed by atoms with Crippen LogP contribution in [0, 0.1) is 10.9 Å². The van der Waals surface area contributed by atoms with E-state index in [4.69, 9.17) is 4.74 Å². The number of thiophene rings is 1. The number of benzene rings is 1. The van der Waals surface area contributed by atoms with E-state index < -0.39 is 10.9 Å². The molecule has 0 spiro atoms. The first kappa shape index (κ1) is 17.1. The van der Waals surface area contributed by atoms with Gasteiger partial charge in [-0.15, -0.1) is 11.3 Å². The van der Waals surface area contributed by atoms with Crippen molar-refractivity contribution in [2.45, 2.75) is 25.4 Å². The SMILES string of the molecule is O=c1cc(OCc2cc(F)c(F)s2)ccn1-c1ccc2nc(C3CC3)[nH]c2c1. The number of nitrogens with one attached hydrogen (secondary N) is 1. The van der Waals surface area contributed by atoms with Crippen LogP contribution in [-0.4, -0.2) is 14.5 Å². The van der Waals surface area contributed by atoms with E-state index >= 15 is 0 Å². The second-order valence-corrected chi connectivity index (χ2v) is 7.88. The van der Waals surface area contributed by atoms with E-state index in [1.807, 2.05) is 18.2 Å². The molecule has 0 bridgehead atoms. The van der Waals surface area contributed by atoms with Gasteiger partial charge in [0.25, 0.3) is 5.56 Å². The lowest BCUT2D eigenvalue weighted by Crippen LogP contribution is -2.16. The van der Waals surface area contributed by atoms with Gasteiger partial charge >= 0.3 is 0 Å². The predicted octanol–water partition coefficient (Wildman–Crippen LogP) is 4.51. The average molecular weight is 399 g/mol. The summed E-state index contributed by atoms with van der Waals surface area (Å²) >= 11 is 0.688. The molecule has 0 radical (unpaired) electrons. The number of rotatable bonds is 5. The zero-order chi connectivity index (χ0) is 19.3. The first-order valence-corrected chi connectivity index (χ1v) is 9.68. The number of H-pyrrole nitrogens is 1. The van der Waals surface area contributed by atoms with Gasteiger partial charge in [-0.3, -0.25) is 9.36 Å². The molecule has 0 unspecified atom stereocenters. The summed E-state index contributed by atoms with van der Waals surface area (Å²) in [6.45, 7) is -0.000985. The second-order valence-electron chi connectivity index (χ2n) is 6.79. The molecule has 3 heterocycles. The van der Waals surface area contributed by atoms with Crippen molar-refractivity contribution in [3.8, 4) is 11.4 Å². The quantitative estimate of drug-likeness (QED) is 0.537. The monoisotopic (exact) mass is 399 g/mol. The van der Waals surface area contributed by atoms with Crippen LogP contribution in [0.2, 0.25) is 0 Å². The maximum absolute atomic E-state index is 13.1. The van der Waals surface area contributed by atoms with Gasteiger partial charge in [0.1, 0.15) is 18.2 Å². The lowest BCUT2D eigenvalue weighted by molar-refractivity contribution is 0.308. The maximum Gasteiger partial charge on any atom is 0.258 e. The molecule has 5 nitrogen and oxygen atoms in total. The number of aromatic nitrogens is 3. The molecule has 3 aromatic heterocycles. The van der Waals surface area contributed by atoms with Crippen molar-refractivity contribution in [2.75, 3.05) is 0 Å². The molecule has 0 saturated heterocycles. The number of hydrogen-bond donors (Lipinski definition) is 1. The van der Waals surface area contributed by atoms with Gasteiger partial charge in [-0.25, -0.2) is 9.37 Å². The molecule has 0 aliphatic heterocycles. The van der Waals surface area contributed by atoms with E-state index in [0.717, 1.165) is 28.6 Å². The highest BCUT2D eigenvalue weighted by Gasteiger charge is 2.26. The molecule has 8 heteroatoms. The summed E-state index contributed by atoms with van der Waals surface area (Å²) in [5.41, 5.74) is 2.24. The molecule has 1 aromatic carbocycles. The predicted molar refractivity (Wildman–Crippen MR) is 102 cm³/mol. The van der Waals surface area contributed by atoms with E-state index in [0.29, 0.717) is 27.9 Å². The standard InChI is InChI=1S/C20H15F2N3O2S/c21-15-9-14(28-19(15)22)10-27-13-5-6-25(18(26)8-13)12-3-4-16-17(7-12)24-20(23-16)11-1-2-11/h3-9,11H,1-2,10H2,(H,23,24). The lowest BCUT2D eigenvalue weighted by Gasteiger charge is -2.08. The molecule has 1 fully saturated rings. The van der Waals surface area contributed by atoms with E-state index in [1.54, 1.807) is 12.3 Å². The number of fused-ring (bicyclic) bond motifs is 1. The van der Waals surface area contributed by atoms with Crippen molar-refractivity contribution in [3.05, 3.63) is 74.6 Å². The van der Waals surface area contributed by atoms with E-state index in [-0.39, 0.29) is 12.2 Å². The summed E-state index contributed by atoms with van der Waals surface area (Å²) in [6, 6.07) is 9.73. The summed E-state index contributed by atoms with van der Waals surface area (Å²) < 4.78 is 33.1. The third-order valence-electron chi connectivity index (χ3n) is 4.69. The summed E-state index contributed by atoms with van der Waals surface area (Å²) in [6.07, 6.45) is 3.95. The number of ether oxygens (including phenoxy) is 1. The van der Waals surface area contributed by atoms with Crippen molar-refractivity contribution in [3.63, 3.8) is 0 Å². The highest BCUT2D eigenvalue weighted by molar-refractivity contribution is 7.10. The second kappa shape index (κ2) is 6.56. The summed E-state index contributed by atoms with van der Waals surface area (Å²) in [4.78, 5) is 20.8. The molecule has 1 aliphatic rings. The minimum absolute atomic E-state index is 0.000985. The zero-order valence-electron chi connectivity index (χ0n) is 14.6. The first-order chi connectivity index (χ1) is 13.6. The summed E-state index contributed by atoms with van der Waals surface area (Å²) in [5, 5.41) is -0.868. The molecule has 1 saturated carbocycles. The van der Waals surface area contributed by atoms with Crippen molar-refractivity contribution >= 4 is 22.4 Å². The van der Waals surface area contributed by atoms with Gasteiger partial charge < -0.3 is 9.72 Å². The van der Waals surface area contributed by atoms with Crippen LogP contribution in [0.25, 0.3) is 16.7 Å². The van der Waals surface area contributed by atoms with Crippen molar-refractivity contribution in [1.29, 1.82) is 0 Å². The Morgan fingerprint density at radius 2 is 2.07 bits per heavy atom. The van der Waals surface area contributed by atoms with Crippen LogP contribution >= 0.6 is 11.3 Å². The molecular formula is C20H15F2N3O2S. The topological polar surface area (TPSA) is 59.9 Å². The fourth-order valence-electron chi connectivity index (χ4n) is 3.10. The highest BCUT2D eigenvalue weighted by atomic mass is 32.1.